The maximum Gasteiger partial charge on any atom is 0.264 e. The quantitative estimate of drug-likeness (QED) is 0.626. The third-order valence-corrected chi connectivity index (χ3v) is 2.88. The maximum absolute atomic E-state index is 10.7. The molecule has 0 aliphatic carbocycles. The molecule has 16 heavy (non-hydrogen) atoms. The van der Waals surface area contributed by atoms with Gasteiger partial charge in [-0.05, 0) is 18.4 Å². The number of allylic oxidation sites excluding steroid dienone is 1. The summed E-state index contributed by atoms with van der Waals surface area (Å²) >= 11 is 0. The van der Waals surface area contributed by atoms with Gasteiger partial charge in [0.2, 0.25) is 0 Å². The molecule has 4 nitrogen and oxygen atoms in total. The molecular weight excluding hydrogens is 228 g/mol. The Morgan fingerprint density at radius 3 is 2.38 bits per heavy atom. The minimum absolute atomic E-state index is 0.207. The highest BCUT2D eigenvalue weighted by Crippen LogP contribution is 2.16. The van der Waals surface area contributed by atoms with Crippen molar-refractivity contribution in [1.82, 2.24) is 0 Å². The van der Waals surface area contributed by atoms with Crippen molar-refractivity contribution in [2.45, 2.75) is 12.8 Å². The summed E-state index contributed by atoms with van der Waals surface area (Å²) in [6.07, 6.45) is 0.492. The molecule has 0 heterocycles. The van der Waals surface area contributed by atoms with E-state index in [0.717, 1.165) is 5.56 Å². The van der Waals surface area contributed by atoms with Crippen LogP contribution in [0.3, 0.4) is 0 Å². The molecule has 0 aromatic heterocycles. The van der Waals surface area contributed by atoms with E-state index in [1.54, 1.807) is 30.2 Å². The topological polar surface area (TPSA) is 71.4 Å². The van der Waals surface area contributed by atoms with Gasteiger partial charge in [-0.15, -0.1) is 0 Å². The van der Waals surface area contributed by atoms with E-state index < -0.39 is 10.1 Å². The lowest BCUT2D eigenvalue weighted by Crippen LogP contribution is -2.03. The minimum atomic E-state index is -3.95. The molecule has 86 valence electrons. The van der Waals surface area contributed by atoms with Crippen LogP contribution in [0.25, 0.3) is 5.57 Å². The van der Waals surface area contributed by atoms with Gasteiger partial charge in [-0.3, -0.25) is 4.55 Å². The Morgan fingerprint density at radius 1 is 1.25 bits per heavy atom. The number of carbonyl (C=O) groups excluding carboxylic acids is 1. The molecule has 0 fully saturated rings. The summed E-state index contributed by atoms with van der Waals surface area (Å²) in [6.45, 7) is 0. The van der Waals surface area contributed by atoms with E-state index in [-0.39, 0.29) is 18.6 Å². The zero-order chi connectivity index (χ0) is 12.0. The van der Waals surface area contributed by atoms with Crippen molar-refractivity contribution in [1.29, 1.82) is 0 Å². The van der Waals surface area contributed by atoms with Crippen molar-refractivity contribution >= 4 is 21.6 Å². The predicted molar refractivity (Wildman–Crippen MR) is 61.2 cm³/mol. The van der Waals surface area contributed by atoms with E-state index in [1.165, 1.54) is 0 Å². The van der Waals surface area contributed by atoms with Crippen LogP contribution in [-0.4, -0.2) is 24.7 Å². The highest BCUT2D eigenvalue weighted by atomic mass is 32.2. The molecule has 5 heteroatoms. The Balaban J connectivity index is 2.63. The molecular formula is C11H12O4S. The Morgan fingerprint density at radius 2 is 1.88 bits per heavy atom. The normalized spacial score (nSPS) is 10.8. The van der Waals surface area contributed by atoms with Crippen LogP contribution >= 0.6 is 0 Å². The van der Waals surface area contributed by atoms with Gasteiger partial charge in [-0.2, -0.15) is 8.42 Å². The molecule has 0 saturated heterocycles. The highest BCUT2D eigenvalue weighted by molar-refractivity contribution is 7.85. The maximum atomic E-state index is 10.7. The number of hydrogen-bond acceptors (Lipinski definition) is 3. The lowest BCUT2D eigenvalue weighted by atomic mass is 10.0. The van der Waals surface area contributed by atoms with E-state index in [0.29, 0.717) is 5.57 Å². The van der Waals surface area contributed by atoms with Crippen molar-refractivity contribution in [3.63, 3.8) is 0 Å². The lowest BCUT2D eigenvalue weighted by molar-refractivity contribution is 0.481. The smallest absolute Gasteiger partial charge is 0.264 e. The number of benzene rings is 1. The molecule has 1 N–H and O–H groups in total. The van der Waals surface area contributed by atoms with Crippen LogP contribution in [0.4, 0.5) is 0 Å². The zero-order valence-electron chi connectivity index (χ0n) is 8.59. The Labute approximate surface area is 94.4 Å². The molecule has 0 atom stereocenters. The minimum Gasteiger partial charge on any atom is -0.286 e. The average molecular weight is 240 g/mol. The summed E-state index contributed by atoms with van der Waals surface area (Å²) < 4.78 is 29.5. The van der Waals surface area contributed by atoms with Crippen LogP contribution in [-0.2, 0) is 14.9 Å². The summed E-state index contributed by atoms with van der Waals surface area (Å²) in [5, 5.41) is 0. The molecule has 0 amide bonds. The van der Waals surface area contributed by atoms with E-state index in [1.807, 2.05) is 6.07 Å². The van der Waals surface area contributed by atoms with Gasteiger partial charge in [-0.1, -0.05) is 30.3 Å². The molecule has 0 radical (unpaired) electrons. The first kappa shape index (κ1) is 12.6. The molecule has 0 bridgehead atoms. The number of rotatable bonds is 5. The van der Waals surface area contributed by atoms with Crippen LogP contribution < -0.4 is 0 Å². The Bertz CT molecular complexity index is 484. The third-order valence-electron chi connectivity index (χ3n) is 2.07. The monoisotopic (exact) mass is 240 g/mol. The van der Waals surface area contributed by atoms with Gasteiger partial charge in [0.1, 0.15) is 5.94 Å². The van der Waals surface area contributed by atoms with Crippen LogP contribution in [0.2, 0.25) is 0 Å². The van der Waals surface area contributed by atoms with Gasteiger partial charge < -0.3 is 0 Å². The highest BCUT2D eigenvalue weighted by Gasteiger charge is 2.07. The number of hydrogen-bond donors (Lipinski definition) is 1. The molecule has 1 rings (SSSR count). The Kier molecular flexibility index (Phi) is 4.43. The molecule has 0 aliphatic heterocycles. The van der Waals surface area contributed by atoms with E-state index >= 15 is 0 Å². The van der Waals surface area contributed by atoms with Crippen molar-refractivity contribution in [2.24, 2.45) is 0 Å². The van der Waals surface area contributed by atoms with Crippen molar-refractivity contribution in [2.75, 3.05) is 5.75 Å². The Hall–Kier alpha value is -1.42. The first-order valence-electron chi connectivity index (χ1n) is 4.77. The van der Waals surface area contributed by atoms with Crippen LogP contribution in [0.5, 0.6) is 0 Å². The van der Waals surface area contributed by atoms with E-state index in [4.69, 9.17) is 4.55 Å². The van der Waals surface area contributed by atoms with Gasteiger partial charge >= 0.3 is 0 Å². The SMILES string of the molecule is O=C=C(CCCS(=O)(=O)O)c1ccccc1. The summed E-state index contributed by atoms with van der Waals surface area (Å²) in [5.41, 5.74) is 1.15. The second-order valence-electron chi connectivity index (χ2n) is 3.34. The molecule has 0 spiro atoms. The molecule has 1 aromatic carbocycles. The van der Waals surface area contributed by atoms with Gasteiger partial charge in [0, 0.05) is 5.57 Å². The largest absolute Gasteiger partial charge is 0.286 e. The first-order valence-corrected chi connectivity index (χ1v) is 6.38. The van der Waals surface area contributed by atoms with Crippen molar-refractivity contribution in [3.05, 3.63) is 35.9 Å². The standard InChI is InChI=1S/C11H12O4S/c12-9-11(7-4-8-16(13,14)15)10-5-2-1-3-6-10/h1-3,5-6H,4,7-8H2,(H,13,14,15). The summed E-state index contributed by atoms with van der Waals surface area (Å²) in [6, 6.07) is 8.91. The molecule has 0 unspecified atom stereocenters. The van der Waals surface area contributed by atoms with Crippen molar-refractivity contribution < 1.29 is 17.8 Å². The van der Waals surface area contributed by atoms with Crippen LogP contribution in [0.15, 0.2) is 30.3 Å². The lowest BCUT2D eigenvalue weighted by Gasteiger charge is -2.02. The summed E-state index contributed by atoms with van der Waals surface area (Å²) in [5.74, 6) is 1.45. The molecule has 0 aliphatic rings. The van der Waals surface area contributed by atoms with E-state index in [9.17, 15) is 13.2 Å². The predicted octanol–water partition coefficient (Wildman–Crippen LogP) is 1.57. The molecule has 0 saturated carbocycles. The van der Waals surface area contributed by atoms with Gasteiger partial charge in [0.05, 0.1) is 5.75 Å². The van der Waals surface area contributed by atoms with Gasteiger partial charge in [0.25, 0.3) is 10.1 Å². The fraction of sp³-hybridized carbons (Fsp3) is 0.273. The van der Waals surface area contributed by atoms with Crippen LogP contribution in [0, 0.1) is 0 Å². The first-order chi connectivity index (χ1) is 7.53. The van der Waals surface area contributed by atoms with Crippen molar-refractivity contribution in [3.8, 4) is 0 Å². The average Bonchev–Trinajstić information content (AvgIpc) is 2.24. The molecule has 1 aromatic rings. The zero-order valence-corrected chi connectivity index (χ0v) is 9.40. The van der Waals surface area contributed by atoms with Crippen LogP contribution in [0.1, 0.15) is 18.4 Å². The second-order valence-corrected chi connectivity index (χ2v) is 4.91. The fourth-order valence-corrected chi connectivity index (χ4v) is 1.83. The summed E-state index contributed by atoms with van der Waals surface area (Å²) in [4.78, 5) is 10.7. The fourth-order valence-electron chi connectivity index (χ4n) is 1.32. The summed E-state index contributed by atoms with van der Waals surface area (Å²) in [7, 11) is -3.95. The second kappa shape index (κ2) is 5.61. The third kappa shape index (κ3) is 4.40. The van der Waals surface area contributed by atoms with E-state index in [2.05, 4.69) is 0 Å². The van der Waals surface area contributed by atoms with Gasteiger partial charge in [0.15, 0.2) is 0 Å². The van der Waals surface area contributed by atoms with Gasteiger partial charge in [-0.25, -0.2) is 4.79 Å².